The Balaban J connectivity index is 1.58. The highest BCUT2D eigenvalue weighted by atomic mass is 32.1. The minimum Gasteiger partial charge on any atom is -0.493 e. The smallest absolute Gasteiger partial charge is 0.338 e. The van der Waals surface area contributed by atoms with Gasteiger partial charge in [-0.3, -0.25) is 4.79 Å². The molecule has 0 saturated heterocycles. The summed E-state index contributed by atoms with van der Waals surface area (Å²) in [5.74, 6) is 0.378. The fraction of sp³-hybridized carbons (Fsp3) is 0.261. The Morgan fingerprint density at radius 1 is 1.00 bits per heavy atom. The summed E-state index contributed by atoms with van der Waals surface area (Å²) < 4.78 is 21.1. The van der Waals surface area contributed by atoms with Crippen LogP contribution in [0.1, 0.15) is 26.6 Å². The van der Waals surface area contributed by atoms with Crippen LogP contribution >= 0.6 is 11.3 Å². The van der Waals surface area contributed by atoms with Crippen molar-refractivity contribution in [2.24, 2.45) is 0 Å². The first-order valence-corrected chi connectivity index (χ1v) is 10.6. The first-order chi connectivity index (χ1) is 15.4. The molecule has 1 aromatic heterocycles. The number of hydrogen-bond acceptors (Lipinski definition) is 8. The lowest BCUT2D eigenvalue weighted by Gasteiger charge is -2.13. The molecule has 1 heterocycles. The number of anilines is 1. The van der Waals surface area contributed by atoms with Crippen molar-refractivity contribution in [3.8, 4) is 17.2 Å². The van der Waals surface area contributed by atoms with Crippen LogP contribution in [0.25, 0.3) is 0 Å². The Bertz CT molecular complexity index is 1070. The number of carbonyl (C=O) groups is 2. The van der Waals surface area contributed by atoms with Crippen molar-refractivity contribution < 1.29 is 28.5 Å². The maximum atomic E-state index is 12.5. The molecule has 32 heavy (non-hydrogen) atoms. The van der Waals surface area contributed by atoms with Crippen molar-refractivity contribution >= 4 is 28.9 Å². The second-order valence-electron chi connectivity index (χ2n) is 6.81. The molecule has 3 aromatic rings. The van der Waals surface area contributed by atoms with Crippen molar-refractivity contribution in [2.75, 3.05) is 26.6 Å². The van der Waals surface area contributed by atoms with Crippen molar-refractivity contribution in [1.29, 1.82) is 0 Å². The fourth-order valence-electron chi connectivity index (χ4n) is 2.90. The summed E-state index contributed by atoms with van der Waals surface area (Å²) in [6.07, 6.45) is 0.138. The fourth-order valence-corrected chi connectivity index (χ4v) is 3.67. The van der Waals surface area contributed by atoms with E-state index in [0.29, 0.717) is 28.0 Å². The summed E-state index contributed by atoms with van der Waals surface area (Å²) >= 11 is 1.34. The summed E-state index contributed by atoms with van der Waals surface area (Å²) in [6.45, 7) is 1.96. The number of hydrogen-bond donors (Lipinski definition) is 1. The Morgan fingerprint density at radius 2 is 1.66 bits per heavy atom. The Morgan fingerprint density at radius 3 is 2.25 bits per heavy atom. The summed E-state index contributed by atoms with van der Waals surface area (Å²) in [4.78, 5) is 29.1. The maximum Gasteiger partial charge on any atom is 0.338 e. The van der Waals surface area contributed by atoms with Gasteiger partial charge < -0.3 is 24.3 Å². The van der Waals surface area contributed by atoms with E-state index in [2.05, 4.69) is 10.3 Å². The van der Waals surface area contributed by atoms with Crippen LogP contribution in [0, 0.1) is 6.92 Å². The molecule has 0 unspecified atom stereocenters. The molecule has 0 aliphatic rings. The molecule has 8 nitrogen and oxygen atoms in total. The van der Waals surface area contributed by atoms with Crippen LogP contribution in [0.3, 0.4) is 0 Å². The SMILES string of the molecule is COc1cc(C(=O)OCc2csc(CC(=O)Nc3ccc(C)cc3)n2)cc(OC)c1OC. The van der Waals surface area contributed by atoms with E-state index in [4.69, 9.17) is 18.9 Å². The van der Waals surface area contributed by atoms with Gasteiger partial charge in [0.05, 0.1) is 39.0 Å². The van der Waals surface area contributed by atoms with Gasteiger partial charge in [-0.05, 0) is 31.2 Å². The second-order valence-corrected chi connectivity index (χ2v) is 7.76. The molecule has 0 spiro atoms. The number of amides is 1. The normalized spacial score (nSPS) is 10.4. The minimum atomic E-state index is -0.559. The van der Waals surface area contributed by atoms with Gasteiger partial charge >= 0.3 is 5.97 Å². The van der Waals surface area contributed by atoms with E-state index in [1.165, 1.54) is 44.8 Å². The third-order valence-corrected chi connectivity index (χ3v) is 5.40. The van der Waals surface area contributed by atoms with Gasteiger partial charge in [0, 0.05) is 11.1 Å². The van der Waals surface area contributed by atoms with E-state index in [1.54, 1.807) is 5.38 Å². The molecular weight excluding hydrogens is 432 g/mol. The Hall–Kier alpha value is -3.59. The van der Waals surface area contributed by atoms with Gasteiger partial charge in [-0.2, -0.15) is 0 Å². The largest absolute Gasteiger partial charge is 0.493 e. The number of aromatic nitrogens is 1. The third-order valence-electron chi connectivity index (χ3n) is 4.50. The molecule has 0 fully saturated rings. The zero-order chi connectivity index (χ0) is 23.1. The highest BCUT2D eigenvalue weighted by Crippen LogP contribution is 2.38. The van der Waals surface area contributed by atoms with Crippen molar-refractivity contribution in [3.05, 3.63) is 63.6 Å². The molecule has 168 valence electrons. The zero-order valence-corrected chi connectivity index (χ0v) is 19.1. The van der Waals surface area contributed by atoms with E-state index in [0.717, 1.165) is 11.3 Å². The van der Waals surface area contributed by atoms with Crippen molar-refractivity contribution in [3.63, 3.8) is 0 Å². The number of esters is 1. The molecule has 0 aliphatic heterocycles. The van der Waals surface area contributed by atoms with Crippen LogP contribution in [-0.4, -0.2) is 38.2 Å². The molecule has 0 radical (unpaired) electrons. The number of ether oxygens (including phenoxy) is 4. The van der Waals surface area contributed by atoms with Gasteiger partial charge in [0.1, 0.15) is 11.6 Å². The van der Waals surface area contributed by atoms with E-state index in [1.807, 2.05) is 31.2 Å². The number of nitrogens with zero attached hydrogens (tertiary/aromatic N) is 1. The van der Waals surface area contributed by atoms with Crippen LogP contribution in [-0.2, 0) is 22.6 Å². The van der Waals surface area contributed by atoms with Gasteiger partial charge in [-0.15, -0.1) is 11.3 Å². The number of aryl methyl sites for hydroxylation is 1. The average molecular weight is 457 g/mol. The predicted octanol–water partition coefficient (Wildman–Crippen LogP) is 4.02. The maximum absolute atomic E-state index is 12.5. The van der Waals surface area contributed by atoms with Gasteiger partial charge in [0.15, 0.2) is 11.5 Å². The molecule has 0 bridgehead atoms. The molecule has 0 aliphatic carbocycles. The third kappa shape index (κ3) is 5.76. The monoisotopic (exact) mass is 456 g/mol. The van der Waals surface area contributed by atoms with Crippen molar-refractivity contribution in [2.45, 2.75) is 20.0 Å². The number of thiazole rings is 1. The molecule has 9 heteroatoms. The first-order valence-electron chi connectivity index (χ1n) is 9.70. The van der Waals surface area contributed by atoms with Gasteiger partial charge in [0.25, 0.3) is 0 Å². The summed E-state index contributed by atoms with van der Waals surface area (Å²) in [5.41, 5.74) is 2.67. The second kappa shape index (κ2) is 10.6. The Labute approximate surface area is 190 Å². The van der Waals surface area contributed by atoms with Crippen molar-refractivity contribution in [1.82, 2.24) is 4.98 Å². The van der Waals surface area contributed by atoms with E-state index in [9.17, 15) is 9.59 Å². The first kappa shape index (κ1) is 23.1. The lowest BCUT2D eigenvalue weighted by atomic mass is 10.2. The van der Waals surface area contributed by atoms with Crippen LogP contribution in [0.4, 0.5) is 5.69 Å². The quantitative estimate of drug-likeness (QED) is 0.486. The molecule has 0 atom stereocenters. The van der Waals surface area contributed by atoms with Crippen LogP contribution in [0.2, 0.25) is 0 Å². The molecule has 2 aromatic carbocycles. The van der Waals surface area contributed by atoms with E-state index in [-0.39, 0.29) is 24.5 Å². The lowest BCUT2D eigenvalue weighted by molar-refractivity contribution is -0.115. The van der Waals surface area contributed by atoms with Crippen LogP contribution in [0.15, 0.2) is 41.8 Å². The summed E-state index contributed by atoms with van der Waals surface area (Å²) in [5, 5.41) is 5.23. The standard InChI is InChI=1S/C23H24N2O6S/c1-14-5-7-16(8-6-14)24-20(26)11-21-25-17(13-32-21)12-31-23(27)15-9-18(28-2)22(30-4)19(10-15)29-3/h5-10,13H,11-12H2,1-4H3,(H,24,26). The predicted molar refractivity (Wildman–Crippen MR) is 121 cm³/mol. The summed E-state index contributed by atoms with van der Waals surface area (Å²) in [6, 6.07) is 10.6. The minimum absolute atomic E-state index is 0.0222. The molecule has 0 saturated carbocycles. The molecule has 3 rings (SSSR count). The lowest BCUT2D eigenvalue weighted by Crippen LogP contribution is -2.14. The highest BCUT2D eigenvalue weighted by Gasteiger charge is 2.18. The summed E-state index contributed by atoms with van der Waals surface area (Å²) in [7, 11) is 4.43. The number of nitrogens with one attached hydrogen (secondary N) is 1. The topological polar surface area (TPSA) is 96.0 Å². The average Bonchev–Trinajstić information content (AvgIpc) is 3.24. The highest BCUT2D eigenvalue weighted by molar-refractivity contribution is 7.09. The van der Waals surface area contributed by atoms with E-state index >= 15 is 0 Å². The molecule has 1 amide bonds. The molecule has 1 N–H and O–H groups in total. The number of methoxy groups -OCH3 is 3. The number of carbonyl (C=O) groups excluding carboxylic acids is 2. The number of benzene rings is 2. The van der Waals surface area contributed by atoms with Crippen LogP contribution < -0.4 is 19.5 Å². The van der Waals surface area contributed by atoms with E-state index < -0.39 is 5.97 Å². The molecular formula is C23H24N2O6S. The van der Waals surface area contributed by atoms with Gasteiger partial charge in [0.2, 0.25) is 11.7 Å². The Kier molecular flexibility index (Phi) is 7.67. The number of rotatable bonds is 9. The van der Waals surface area contributed by atoms with Crippen LogP contribution in [0.5, 0.6) is 17.2 Å². The zero-order valence-electron chi connectivity index (χ0n) is 18.3. The van der Waals surface area contributed by atoms with Gasteiger partial charge in [-0.1, -0.05) is 17.7 Å². The van der Waals surface area contributed by atoms with Gasteiger partial charge in [-0.25, -0.2) is 9.78 Å².